The predicted octanol–water partition coefficient (Wildman–Crippen LogP) is 5.81. The first-order valence-corrected chi connectivity index (χ1v) is 12.2. The van der Waals surface area contributed by atoms with E-state index in [1.807, 2.05) is 66.7 Å². The van der Waals surface area contributed by atoms with E-state index in [0.717, 1.165) is 27.5 Å². The normalized spacial score (nSPS) is 11.7. The van der Waals surface area contributed by atoms with E-state index in [2.05, 4.69) is 29.6 Å². The average molecular weight is 485 g/mol. The molecule has 2 amide bonds. The van der Waals surface area contributed by atoms with Crippen LogP contribution in [0.5, 0.6) is 0 Å². The van der Waals surface area contributed by atoms with Crippen LogP contribution < -0.4 is 5.32 Å². The molecule has 0 saturated carbocycles. The van der Waals surface area contributed by atoms with Crippen molar-refractivity contribution in [2.45, 2.75) is 31.8 Å². The van der Waals surface area contributed by atoms with Crippen LogP contribution in [0.3, 0.4) is 0 Å². The summed E-state index contributed by atoms with van der Waals surface area (Å²) >= 11 is 6.22. The van der Waals surface area contributed by atoms with Gasteiger partial charge in [0.1, 0.15) is 6.04 Å². The summed E-state index contributed by atoms with van der Waals surface area (Å²) in [5.41, 5.74) is 3.01. The zero-order valence-electron chi connectivity index (χ0n) is 19.8. The number of nitrogens with one attached hydrogen (secondary N) is 1. The molecule has 0 aliphatic heterocycles. The smallest absolute Gasteiger partial charge is 0.242 e. The summed E-state index contributed by atoms with van der Waals surface area (Å²) < 4.78 is 0. The maximum absolute atomic E-state index is 13.7. The Morgan fingerprint density at radius 1 is 0.857 bits per heavy atom. The van der Waals surface area contributed by atoms with Crippen LogP contribution in [0.4, 0.5) is 0 Å². The van der Waals surface area contributed by atoms with Crippen molar-refractivity contribution in [1.82, 2.24) is 10.2 Å². The molecule has 1 unspecified atom stereocenters. The lowest BCUT2D eigenvalue weighted by Crippen LogP contribution is -2.49. The molecule has 4 rings (SSSR count). The molecular weight excluding hydrogens is 456 g/mol. The Bertz CT molecular complexity index is 1300. The third-order valence-electron chi connectivity index (χ3n) is 6.25. The van der Waals surface area contributed by atoms with Crippen molar-refractivity contribution >= 4 is 34.2 Å². The van der Waals surface area contributed by atoms with Crippen LogP contribution >= 0.6 is 11.6 Å². The fraction of sp³-hybridized carbons (Fsp3) is 0.200. The molecular formula is C30H29ClN2O2. The largest absolute Gasteiger partial charge is 0.357 e. The van der Waals surface area contributed by atoms with Crippen molar-refractivity contribution in [1.29, 1.82) is 0 Å². The van der Waals surface area contributed by atoms with Gasteiger partial charge in [-0.15, -0.1) is 0 Å². The van der Waals surface area contributed by atoms with Crippen LogP contribution in [-0.2, 0) is 29.0 Å². The highest BCUT2D eigenvalue weighted by molar-refractivity contribution is 6.30. The molecule has 35 heavy (non-hydrogen) atoms. The number of rotatable bonds is 9. The number of carbonyl (C=O) groups is 2. The molecule has 5 heteroatoms. The maximum Gasteiger partial charge on any atom is 0.242 e. The summed E-state index contributed by atoms with van der Waals surface area (Å²) in [6.07, 6.45) is 1.33. The van der Waals surface area contributed by atoms with E-state index in [4.69, 9.17) is 11.6 Å². The monoisotopic (exact) mass is 484 g/mol. The van der Waals surface area contributed by atoms with Crippen LogP contribution in [0, 0.1) is 0 Å². The SMILES string of the molecule is CNC(=O)C(Cc1ccccc1)N(Cc1cccc(Cl)c1)C(=O)CCc1cccc2ccccc12. The van der Waals surface area contributed by atoms with Crippen LogP contribution in [-0.4, -0.2) is 29.8 Å². The number of likely N-dealkylation sites (N-methyl/N-ethyl adjacent to an activating group) is 1. The van der Waals surface area contributed by atoms with Gasteiger partial charge in [-0.3, -0.25) is 9.59 Å². The number of nitrogens with zero attached hydrogens (tertiary/aromatic N) is 1. The number of halogens is 1. The van der Waals surface area contributed by atoms with Gasteiger partial charge in [0.05, 0.1) is 0 Å². The van der Waals surface area contributed by atoms with E-state index in [-0.39, 0.29) is 11.8 Å². The highest BCUT2D eigenvalue weighted by atomic mass is 35.5. The molecule has 1 N–H and O–H groups in total. The predicted molar refractivity (Wildman–Crippen MR) is 142 cm³/mol. The minimum Gasteiger partial charge on any atom is -0.357 e. The number of carbonyl (C=O) groups excluding carboxylic acids is 2. The molecule has 0 heterocycles. The van der Waals surface area contributed by atoms with Gasteiger partial charge in [0.2, 0.25) is 11.8 Å². The van der Waals surface area contributed by atoms with E-state index in [1.54, 1.807) is 18.0 Å². The van der Waals surface area contributed by atoms with Gasteiger partial charge >= 0.3 is 0 Å². The summed E-state index contributed by atoms with van der Waals surface area (Å²) in [5, 5.41) is 5.66. The van der Waals surface area contributed by atoms with Gasteiger partial charge < -0.3 is 10.2 Å². The zero-order chi connectivity index (χ0) is 24.6. The Labute approximate surface area is 211 Å². The van der Waals surface area contributed by atoms with Gasteiger partial charge in [-0.25, -0.2) is 0 Å². The van der Waals surface area contributed by atoms with Crippen molar-refractivity contribution in [3.63, 3.8) is 0 Å². The van der Waals surface area contributed by atoms with Crippen molar-refractivity contribution in [2.24, 2.45) is 0 Å². The standard InChI is InChI=1S/C30H29ClN2O2/c1-32-30(35)28(20-22-9-3-2-4-10-22)33(21-23-11-7-15-26(31)19-23)29(34)18-17-25-14-8-13-24-12-5-6-16-27(24)25/h2-16,19,28H,17-18,20-21H2,1H3,(H,32,35). The average Bonchev–Trinajstić information content (AvgIpc) is 2.89. The molecule has 0 aromatic heterocycles. The summed E-state index contributed by atoms with van der Waals surface area (Å²) in [6.45, 7) is 0.305. The minimum absolute atomic E-state index is 0.0672. The summed E-state index contributed by atoms with van der Waals surface area (Å²) in [5.74, 6) is -0.253. The zero-order valence-corrected chi connectivity index (χ0v) is 20.5. The van der Waals surface area contributed by atoms with Crippen molar-refractivity contribution < 1.29 is 9.59 Å². The number of amides is 2. The second-order valence-electron chi connectivity index (χ2n) is 8.61. The first-order valence-electron chi connectivity index (χ1n) is 11.8. The van der Waals surface area contributed by atoms with Crippen LogP contribution in [0.1, 0.15) is 23.1 Å². The Balaban J connectivity index is 1.62. The van der Waals surface area contributed by atoms with Gasteiger partial charge in [-0.2, -0.15) is 0 Å². The van der Waals surface area contributed by atoms with Crippen LogP contribution in [0.25, 0.3) is 10.8 Å². The highest BCUT2D eigenvalue weighted by Crippen LogP contribution is 2.22. The molecule has 0 aliphatic carbocycles. The molecule has 0 spiro atoms. The van der Waals surface area contributed by atoms with Crippen LogP contribution in [0.2, 0.25) is 5.02 Å². The third kappa shape index (κ3) is 6.28. The van der Waals surface area contributed by atoms with Crippen LogP contribution in [0.15, 0.2) is 97.1 Å². The van der Waals surface area contributed by atoms with Gasteiger partial charge in [0.25, 0.3) is 0 Å². The lowest BCUT2D eigenvalue weighted by Gasteiger charge is -2.31. The second kappa shape index (κ2) is 11.7. The second-order valence-corrected chi connectivity index (χ2v) is 9.05. The Hall–Kier alpha value is -3.63. The van der Waals surface area contributed by atoms with Crippen molar-refractivity contribution in [2.75, 3.05) is 7.05 Å². The first kappa shape index (κ1) is 24.5. The molecule has 4 nitrogen and oxygen atoms in total. The highest BCUT2D eigenvalue weighted by Gasteiger charge is 2.29. The van der Waals surface area contributed by atoms with Gasteiger partial charge in [0, 0.05) is 31.5 Å². The molecule has 0 aliphatic rings. The third-order valence-corrected chi connectivity index (χ3v) is 6.48. The Morgan fingerprint density at radius 2 is 1.54 bits per heavy atom. The molecule has 0 radical (unpaired) electrons. The maximum atomic E-state index is 13.7. The number of aryl methyl sites for hydroxylation is 1. The molecule has 0 fully saturated rings. The Kier molecular flexibility index (Phi) is 8.17. The topological polar surface area (TPSA) is 49.4 Å². The van der Waals surface area contributed by atoms with E-state index < -0.39 is 6.04 Å². The number of benzene rings is 4. The number of hydrogen-bond donors (Lipinski definition) is 1. The first-order chi connectivity index (χ1) is 17.0. The van der Waals surface area contributed by atoms with Crippen molar-refractivity contribution in [3.8, 4) is 0 Å². The van der Waals surface area contributed by atoms with Gasteiger partial charge in [-0.1, -0.05) is 96.5 Å². The number of fused-ring (bicyclic) bond motifs is 1. The van der Waals surface area contributed by atoms with E-state index in [1.165, 1.54) is 0 Å². The molecule has 4 aromatic carbocycles. The van der Waals surface area contributed by atoms with Gasteiger partial charge in [-0.05, 0) is 46.0 Å². The lowest BCUT2D eigenvalue weighted by molar-refractivity contribution is -0.141. The summed E-state index contributed by atoms with van der Waals surface area (Å²) in [7, 11) is 1.61. The lowest BCUT2D eigenvalue weighted by atomic mass is 9.99. The van der Waals surface area contributed by atoms with Gasteiger partial charge in [0.15, 0.2) is 0 Å². The number of hydrogen-bond acceptors (Lipinski definition) is 2. The van der Waals surface area contributed by atoms with E-state index in [9.17, 15) is 9.59 Å². The van der Waals surface area contributed by atoms with Crippen molar-refractivity contribution in [3.05, 3.63) is 119 Å². The Morgan fingerprint density at radius 3 is 2.31 bits per heavy atom. The fourth-order valence-electron chi connectivity index (χ4n) is 4.45. The molecule has 4 aromatic rings. The fourth-order valence-corrected chi connectivity index (χ4v) is 4.66. The molecule has 0 saturated heterocycles. The van der Waals surface area contributed by atoms with E-state index in [0.29, 0.717) is 30.8 Å². The molecule has 0 bridgehead atoms. The molecule has 1 atom stereocenters. The van der Waals surface area contributed by atoms with E-state index >= 15 is 0 Å². The quantitative estimate of drug-likeness (QED) is 0.326. The summed E-state index contributed by atoms with van der Waals surface area (Å²) in [6, 6.07) is 31.0. The minimum atomic E-state index is -0.638. The molecule has 178 valence electrons. The summed E-state index contributed by atoms with van der Waals surface area (Å²) in [4.78, 5) is 28.4.